The zero-order valence-corrected chi connectivity index (χ0v) is 22.0. The number of nitrogens with one attached hydrogen (secondary N) is 1. The number of alkyl halides is 3. The number of rotatable bonds is 8. The van der Waals surface area contributed by atoms with Crippen molar-refractivity contribution in [3.05, 3.63) is 101 Å². The van der Waals surface area contributed by atoms with Crippen LogP contribution in [0.3, 0.4) is 0 Å². The van der Waals surface area contributed by atoms with E-state index >= 15 is 0 Å². The van der Waals surface area contributed by atoms with E-state index in [0.29, 0.717) is 17.9 Å². The van der Waals surface area contributed by atoms with Gasteiger partial charge in [-0.25, -0.2) is 4.98 Å². The first-order valence-electron chi connectivity index (χ1n) is 12.2. The Morgan fingerprint density at radius 3 is 2.23 bits per heavy atom. The zero-order valence-electron chi connectivity index (χ0n) is 21.2. The van der Waals surface area contributed by atoms with Gasteiger partial charge in [0.1, 0.15) is 6.54 Å². The summed E-state index contributed by atoms with van der Waals surface area (Å²) in [7, 11) is 0. The molecule has 4 aromatic rings. The van der Waals surface area contributed by atoms with Crippen LogP contribution in [0.2, 0.25) is 5.02 Å². The molecule has 4 rings (SSSR count). The Kier molecular flexibility index (Phi) is 8.40. The van der Waals surface area contributed by atoms with Gasteiger partial charge in [-0.3, -0.25) is 19.5 Å². The van der Waals surface area contributed by atoms with Gasteiger partial charge in [-0.2, -0.15) is 13.2 Å². The van der Waals surface area contributed by atoms with Crippen LogP contribution in [0.5, 0.6) is 0 Å². The number of hydrogen-bond acceptors (Lipinski definition) is 3. The molecule has 3 aromatic carbocycles. The molecule has 0 saturated heterocycles. The van der Waals surface area contributed by atoms with Gasteiger partial charge < -0.3 is 4.90 Å². The lowest BCUT2D eigenvalue weighted by Crippen LogP contribution is -2.40. The van der Waals surface area contributed by atoms with Crippen molar-refractivity contribution in [2.24, 2.45) is 5.92 Å². The molecule has 39 heavy (non-hydrogen) atoms. The van der Waals surface area contributed by atoms with Gasteiger partial charge in [-0.1, -0.05) is 67.9 Å². The highest BCUT2D eigenvalue weighted by atomic mass is 35.5. The molecule has 1 aromatic heterocycles. The third-order valence-electron chi connectivity index (χ3n) is 5.81. The molecule has 1 N–H and O–H groups in total. The van der Waals surface area contributed by atoms with Crippen molar-refractivity contribution in [1.29, 1.82) is 0 Å². The highest BCUT2D eigenvalue weighted by Crippen LogP contribution is 2.31. The number of halogens is 4. The smallest absolute Gasteiger partial charge is 0.329 e. The van der Waals surface area contributed by atoms with Crippen LogP contribution in [0.1, 0.15) is 29.8 Å². The molecule has 0 spiro atoms. The van der Waals surface area contributed by atoms with E-state index in [1.165, 1.54) is 21.6 Å². The molecule has 2 amide bonds. The second-order valence-corrected chi connectivity index (χ2v) is 9.75. The van der Waals surface area contributed by atoms with E-state index in [2.05, 4.69) is 10.3 Å². The van der Waals surface area contributed by atoms with Crippen molar-refractivity contribution in [3.63, 3.8) is 0 Å². The Balaban J connectivity index is 1.64. The number of benzene rings is 3. The Bertz CT molecular complexity index is 1450. The summed E-state index contributed by atoms with van der Waals surface area (Å²) in [6.07, 6.45) is -2.85. The summed E-state index contributed by atoms with van der Waals surface area (Å²) in [5.74, 6) is -0.730. The minimum atomic E-state index is -4.48. The molecular formula is C29H26ClF3N4O2. The van der Waals surface area contributed by atoms with Crippen LogP contribution >= 0.6 is 11.6 Å². The van der Waals surface area contributed by atoms with Crippen LogP contribution in [0, 0.1) is 5.92 Å². The summed E-state index contributed by atoms with van der Waals surface area (Å²) in [4.78, 5) is 32.4. The number of carbonyl (C=O) groups excluding carboxylic acids is 2. The molecule has 0 atom stereocenters. The Morgan fingerprint density at radius 2 is 1.62 bits per heavy atom. The van der Waals surface area contributed by atoms with Crippen LogP contribution in [0.4, 0.5) is 19.1 Å². The van der Waals surface area contributed by atoms with E-state index in [9.17, 15) is 22.8 Å². The molecule has 0 aliphatic rings. The summed E-state index contributed by atoms with van der Waals surface area (Å²) < 4.78 is 40.8. The highest BCUT2D eigenvalue weighted by Gasteiger charge is 2.30. The van der Waals surface area contributed by atoms with Crippen molar-refractivity contribution in [2.75, 3.05) is 18.4 Å². The predicted octanol–water partition coefficient (Wildman–Crippen LogP) is 6.95. The van der Waals surface area contributed by atoms with Gasteiger partial charge >= 0.3 is 6.18 Å². The average Bonchev–Trinajstić information content (AvgIpc) is 3.31. The molecule has 0 fully saturated rings. The van der Waals surface area contributed by atoms with Gasteiger partial charge in [0.2, 0.25) is 11.9 Å². The maximum atomic E-state index is 13.2. The number of anilines is 1. The van der Waals surface area contributed by atoms with Crippen molar-refractivity contribution < 1.29 is 22.8 Å². The van der Waals surface area contributed by atoms with Crippen LogP contribution in [-0.2, 0) is 11.0 Å². The largest absolute Gasteiger partial charge is 0.416 e. The Morgan fingerprint density at radius 1 is 0.974 bits per heavy atom. The molecule has 1 heterocycles. The highest BCUT2D eigenvalue weighted by molar-refractivity contribution is 6.33. The molecule has 6 nitrogen and oxygen atoms in total. The number of amides is 2. The van der Waals surface area contributed by atoms with Gasteiger partial charge in [-0.05, 0) is 42.3 Å². The van der Waals surface area contributed by atoms with E-state index in [1.54, 1.807) is 30.5 Å². The quantitative estimate of drug-likeness (QED) is 0.256. The standard InChI is InChI=1S/C29H26ClF3N4O2/c1-19(2)16-36(27(39)23-10-6-7-11-24(23)30)18-26(38)35-28-34-25(20-8-4-3-5-9-20)17-37(28)22-14-12-21(13-15-22)29(31,32)33/h3-15,17,19H,16,18H2,1-2H3,(H,34,35,38). The first-order chi connectivity index (χ1) is 18.5. The van der Waals surface area contributed by atoms with Crippen molar-refractivity contribution >= 4 is 29.4 Å². The predicted molar refractivity (Wildman–Crippen MR) is 145 cm³/mol. The summed E-state index contributed by atoms with van der Waals surface area (Å²) in [6.45, 7) is 3.88. The van der Waals surface area contributed by atoms with Crippen LogP contribution < -0.4 is 5.32 Å². The number of hydrogen-bond donors (Lipinski definition) is 1. The number of carbonyl (C=O) groups is 2. The zero-order chi connectivity index (χ0) is 28.2. The van der Waals surface area contributed by atoms with Gasteiger partial charge in [0.05, 0.1) is 21.8 Å². The van der Waals surface area contributed by atoms with Crippen LogP contribution in [-0.4, -0.2) is 39.4 Å². The molecule has 0 unspecified atom stereocenters. The summed E-state index contributed by atoms with van der Waals surface area (Å²) >= 11 is 6.22. The normalized spacial score (nSPS) is 11.5. The second kappa shape index (κ2) is 11.7. The van der Waals surface area contributed by atoms with Gasteiger partial charge in [0.15, 0.2) is 0 Å². The van der Waals surface area contributed by atoms with Gasteiger partial charge in [0.25, 0.3) is 5.91 Å². The van der Waals surface area contributed by atoms with Crippen molar-refractivity contribution in [2.45, 2.75) is 20.0 Å². The third-order valence-corrected chi connectivity index (χ3v) is 6.14. The fraction of sp³-hybridized carbons (Fsp3) is 0.207. The summed E-state index contributed by atoms with van der Waals surface area (Å²) in [5, 5.41) is 3.01. The fourth-order valence-electron chi connectivity index (χ4n) is 4.03. The maximum Gasteiger partial charge on any atom is 0.416 e. The molecule has 0 aliphatic carbocycles. The molecule has 202 valence electrons. The minimum absolute atomic E-state index is 0.0723. The number of aromatic nitrogens is 2. The lowest BCUT2D eigenvalue weighted by Gasteiger charge is -2.24. The molecule has 0 aliphatic heterocycles. The topological polar surface area (TPSA) is 67.2 Å². The second-order valence-electron chi connectivity index (χ2n) is 9.34. The lowest BCUT2D eigenvalue weighted by atomic mass is 10.1. The van der Waals surface area contributed by atoms with Gasteiger partial charge in [-0.15, -0.1) is 0 Å². The minimum Gasteiger partial charge on any atom is -0.329 e. The Hall–Kier alpha value is -4.11. The average molecular weight is 555 g/mol. The molecular weight excluding hydrogens is 529 g/mol. The number of imidazole rings is 1. The van der Waals surface area contributed by atoms with E-state index in [0.717, 1.165) is 17.7 Å². The molecule has 0 saturated carbocycles. The third kappa shape index (κ3) is 6.86. The van der Waals surface area contributed by atoms with Crippen LogP contribution in [0.15, 0.2) is 85.1 Å². The van der Waals surface area contributed by atoms with E-state index < -0.39 is 17.6 Å². The first-order valence-corrected chi connectivity index (χ1v) is 12.6. The monoisotopic (exact) mass is 554 g/mol. The maximum absolute atomic E-state index is 13.2. The Labute approximate surface area is 229 Å². The number of nitrogens with zero attached hydrogens (tertiary/aromatic N) is 3. The molecule has 0 bridgehead atoms. The van der Waals surface area contributed by atoms with Crippen molar-refractivity contribution in [1.82, 2.24) is 14.5 Å². The lowest BCUT2D eigenvalue weighted by molar-refractivity contribution is -0.137. The van der Waals surface area contributed by atoms with E-state index in [4.69, 9.17) is 11.6 Å². The summed E-state index contributed by atoms with van der Waals surface area (Å²) in [6, 6.07) is 20.3. The van der Waals surface area contributed by atoms with E-state index in [1.807, 2.05) is 44.2 Å². The van der Waals surface area contributed by atoms with Crippen LogP contribution in [0.25, 0.3) is 16.9 Å². The SMILES string of the molecule is CC(C)CN(CC(=O)Nc1nc(-c2ccccc2)cn1-c1ccc(C(F)(F)F)cc1)C(=O)c1ccccc1Cl. The summed E-state index contributed by atoms with van der Waals surface area (Å²) in [5.41, 5.74) is 1.14. The van der Waals surface area contributed by atoms with Crippen molar-refractivity contribution in [3.8, 4) is 16.9 Å². The molecule has 0 radical (unpaired) electrons. The first kappa shape index (κ1) is 27.9. The van der Waals surface area contributed by atoms with E-state index in [-0.39, 0.29) is 34.9 Å². The molecule has 10 heteroatoms. The fourth-order valence-corrected chi connectivity index (χ4v) is 4.24. The van der Waals surface area contributed by atoms with Gasteiger partial charge in [0, 0.05) is 24.0 Å².